The van der Waals surface area contributed by atoms with Gasteiger partial charge in [-0.05, 0) is 23.8 Å². The van der Waals surface area contributed by atoms with Gasteiger partial charge >= 0.3 is 0 Å². The third kappa shape index (κ3) is 2.67. The first kappa shape index (κ1) is 16.6. The van der Waals surface area contributed by atoms with Crippen LogP contribution in [0.1, 0.15) is 36.1 Å². The summed E-state index contributed by atoms with van der Waals surface area (Å²) in [5.41, 5.74) is 3.90. The third-order valence-corrected chi connectivity index (χ3v) is 5.95. The molecule has 27 heavy (non-hydrogen) atoms. The van der Waals surface area contributed by atoms with Crippen molar-refractivity contribution in [3.63, 3.8) is 0 Å². The second kappa shape index (κ2) is 6.24. The second-order valence-electron chi connectivity index (χ2n) is 7.11. The fourth-order valence-electron chi connectivity index (χ4n) is 4.01. The Hall–Kier alpha value is -2.59. The topological polar surface area (TPSA) is 24.8 Å². The Labute approximate surface area is 167 Å². The van der Waals surface area contributed by atoms with Gasteiger partial charge in [-0.25, -0.2) is 5.01 Å². The van der Waals surface area contributed by atoms with Crippen LogP contribution in [0.3, 0.4) is 0 Å². The van der Waals surface area contributed by atoms with Gasteiger partial charge in [0.1, 0.15) is 5.75 Å². The van der Waals surface area contributed by atoms with Gasteiger partial charge in [-0.2, -0.15) is 5.10 Å². The highest BCUT2D eigenvalue weighted by atomic mass is 79.9. The molecule has 5 rings (SSSR count). The first-order valence-electron chi connectivity index (χ1n) is 9.11. The molecule has 0 aliphatic carbocycles. The van der Waals surface area contributed by atoms with Crippen LogP contribution >= 0.6 is 15.9 Å². The maximum Gasteiger partial charge on any atom is 0.221 e. The van der Waals surface area contributed by atoms with E-state index < -0.39 is 5.72 Å². The van der Waals surface area contributed by atoms with Crippen molar-refractivity contribution in [2.45, 2.75) is 25.1 Å². The zero-order valence-corrected chi connectivity index (χ0v) is 16.6. The summed E-state index contributed by atoms with van der Waals surface area (Å²) in [7, 11) is 0. The molecule has 2 aliphatic rings. The van der Waals surface area contributed by atoms with E-state index in [1.807, 2.05) is 12.1 Å². The van der Waals surface area contributed by atoms with E-state index in [9.17, 15) is 0 Å². The van der Waals surface area contributed by atoms with Gasteiger partial charge < -0.3 is 4.74 Å². The summed E-state index contributed by atoms with van der Waals surface area (Å²) in [6.07, 6.45) is 0.872. The van der Waals surface area contributed by atoms with Crippen molar-refractivity contribution in [2.24, 2.45) is 5.10 Å². The SMILES string of the molecule is C[C@]1(c2ccc(Br)cc2)Oc2ccccc2[C@@H]2CC(c3ccccc3)=NN21. The van der Waals surface area contributed by atoms with Crippen molar-refractivity contribution in [3.05, 3.63) is 100 Å². The van der Waals surface area contributed by atoms with Crippen LogP contribution in [0.15, 0.2) is 88.4 Å². The van der Waals surface area contributed by atoms with E-state index in [4.69, 9.17) is 9.84 Å². The van der Waals surface area contributed by atoms with E-state index in [1.54, 1.807) is 0 Å². The van der Waals surface area contributed by atoms with E-state index in [0.29, 0.717) is 0 Å². The normalized spacial score (nSPS) is 23.3. The molecule has 0 saturated heterocycles. The van der Waals surface area contributed by atoms with E-state index in [-0.39, 0.29) is 6.04 Å². The lowest BCUT2D eigenvalue weighted by molar-refractivity contribution is -0.112. The van der Waals surface area contributed by atoms with Gasteiger partial charge in [-0.15, -0.1) is 0 Å². The van der Waals surface area contributed by atoms with Crippen molar-refractivity contribution >= 4 is 21.6 Å². The molecule has 0 radical (unpaired) electrons. The number of para-hydroxylation sites is 1. The molecule has 0 aromatic heterocycles. The monoisotopic (exact) mass is 418 g/mol. The van der Waals surface area contributed by atoms with Crippen LogP contribution in [-0.4, -0.2) is 10.7 Å². The summed E-state index contributed by atoms with van der Waals surface area (Å²) in [6.45, 7) is 2.11. The van der Waals surface area contributed by atoms with Crippen LogP contribution in [0, 0.1) is 0 Å². The average molecular weight is 419 g/mol. The Bertz CT molecular complexity index is 1020. The fourth-order valence-corrected chi connectivity index (χ4v) is 4.28. The van der Waals surface area contributed by atoms with Crippen molar-refractivity contribution < 1.29 is 4.74 Å². The Morgan fingerprint density at radius 1 is 0.963 bits per heavy atom. The summed E-state index contributed by atoms with van der Waals surface area (Å²) in [5, 5.41) is 7.18. The van der Waals surface area contributed by atoms with Crippen LogP contribution in [0.5, 0.6) is 5.75 Å². The number of ether oxygens (including phenoxy) is 1. The highest BCUT2D eigenvalue weighted by Crippen LogP contribution is 2.50. The van der Waals surface area contributed by atoms with Crippen LogP contribution in [0.25, 0.3) is 0 Å². The minimum absolute atomic E-state index is 0.166. The van der Waals surface area contributed by atoms with Crippen LogP contribution in [-0.2, 0) is 5.72 Å². The van der Waals surface area contributed by atoms with Crippen molar-refractivity contribution in [2.75, 3.05) is 0 Å². The Morgan fingerprint density at radius 2 is 1.67 bits per heavy atom. The molecule has 4 heteroatoms. The Balaban J connectivity index is 1.65. The molecule has 134 valence electrons. The molecule has 0 spiro atoms. The molecule has 0 fully saturated rings. The molecule has 0 N–H and O–H groups in total. The first-order chi connectivity index (χ1) is 13.1. The lowest BCUT2D eigenvalue weighted by Gasteiger charge is -2.46. The summed E-state index contributed by atoms with van der Waals surface area (Å²) < 4.78 is 7.60. The average Bonchev–Trinajstić information content (AvgIpc) is 3.16. The van der Waals surface area contributed by atoms with E-state index in [0.717, 1.165) is 27.9 Å². The molecule has 3 aromatic carbocycles. The van der Waals surface area contributed by atoms with Crippen molar-refractivity contribution in [3.8, 4) is 5.75 Å². The van der Waals surface area contributed by atoms with E-state index in [2.05, 4.69) is 94.6 Å². The van der Waals surface area contributed by atoms with Crippen LogP contribution < -0.4 is 4.74 Å². The zero-order valence-electron chi connectivity index (χ0n) is 15.0. The summed E-state index contributed by atoms with van der Waals surface area (Å²) in [4.78, 5) is 0. The number of rotatable bonds is 2. The van der Waals surface area contributed by atoms with Gasteiger partial charge in [0.25, 0.3) is 0 Å². The third-order valence-electron chi connectivity index (χ3n) is 5.42. The maximum absolute atomic E-state index is 6.55. The lowest BCUT2D eigenvalue weighted by Crippen LogP contribution is -2.48. The number of nitrogens with zero attached hydrogens (tertiary/aromatic N) is 2. The smallest absolute Gasteiger partial charge is 0.221 e. The predicted octanol–water partition coefficient (Wildman–Crippen LogP) is 5.87. The second-order valence-corrected chi connectivity index (χ2v) is 8.02. The molecule has 0 amide bonds. The van der Waals surface area contributed by atoms with Crippen LogP contribution in [0.2, 0.25) is 0 Å². The van der Waals surface area contributed by atoms with Gasteiger partial charge in [0.05, 0.1) is 11.8 Å². The predicted molar refractivity (Wildman–Crippen MR) is 111 cm³/mol. The first-order valence-corrected chi connectivity index (χ1v) is 9.91. The van der Waals surface area contributed by atoms with Crippen LogP contribution in [0.4, 0.5) is 0 Å². The largest absolute Gasteiger partial charge is 0.462 e. The minimum Gasteiger partial charge on any atom is -0.462 e. The maximum atomic E-state index is 6.55. The molecule has 2 heterocycles. The number of hydrogen-bond acceptors (Lipinski definition) is 3. The van der Waals surface area contributed by atoms with Gasteiger partial charge in [0, 0.05) is 28.9 Å². The Morgan fingerprint density at radius 3 is 2.44 bits per heavy atom. The zero-order chi connectivity index (χ0) is 18.4. The molecular weight excluding hydrogens is 400 g/mol. The molecule has 0 saturated carbocycles. The van der Waals surface area contributed by atoms with Gasteiger partial charge in [-0.1, -0.05) is 76.6 Å². The van der Waals surface area contributed by atoms with Crippen molar-refractivity contribution in [1.82, 2.24) is 5.01 Å². The number of fused-ring (bicyclic) bond motifs is 3. The number of halogens is 1. The van der Waals surface area contributed by atoms with E-state index in [1.165, 1.54) is 11.1 Å². The summed E-state index contributed by atoms with van der Waals surface area (Å²) >= 11 is 3.53. The minimum atomic E-state index is -0.656. The molecule has 2 atom stereocenters. The fraction of sp³-hybridized carbons (Fsp3) is 0.174. The standard InChI is InChI=1S/C23H19BrN2O/c1-23(17-11-13-18(24)14-12-17)26-21(19-9-5-6-10-22(19)27-23)15-20(25-26)16-7-3-2-4-8-16/h2-14,21H,15H2,1H3/t21-,23+/m0/s1. The summed E-state index contributed by atoms with van der Waals surface area (Å²) in [6, 6.07) is 27.2. The number of hydrazone groups is 1. The molecule has 3 aromatic rings. The summed E-state index contributed by atoms with van der Waals surface area (Å²) in [5.74, 6) is 0.939. The van der Waals surface area contributed by atoms with Gasteiger partial charge in [0.2, 0.25) is 5.72 Å². The highest BCUT2D eigenvalue weighted by Gasteiger charge is 2.48. The molecular formula is C23H19BrN2O. The van der Waals surface area contributed by atoms with Gasteiger partial charge in [0.15, 0.2) is 0 Å². The number of benzene rings is 3. The molecule has 2 aliphatic heterocycles. The molecule has 3 nitrogen and oxygen atoms in total. The Kier molecular flexibility index (Phi) is 3.83. The quantitative estimate of drug-likeness (QED) is 0.519. The van der Waals surface area contributed by atoms with Crippen molar-refractivity contribution in [1.29, 1.82) is 0 Å². The molecule has 0 unspecified atom stereocenters. The highest BCUT2D eigenvalue weighted by molar-refractivity contribution is 9.10. The molecule has 0 bridgehead atoms. The van der Waals surface area contributed by atoms with Gasteiger partial charge in [-0.3, -0.25) is 0 Å². The number of hydrogen-bond donors (Lipinski definition) is 0. The lowest BCUT2D eigenvalue weighted by atomic mass is 9.92. The van der Waals surface area contributed by atoms with E-state index >= 15 is 0 Å².